The molecule has 1 rings (SSSR count). The average Bonchev–Trinajstić information content (AvgIpc) is 2.57. The quantitative estimate of drug-likeness (QED) is 0.235. The summed E-state index contributed by atoms with van der Waals surface area (Å²) in [5, 5.41) is 0. The summed E-state index contributed by atoms with van der Waals surface area (Å²) in [4.78, 5) is 46.0. The van der Waals surface area contributed by atoms with Crippen LogP contribution in [-0.2, 0) is 47.6 Å². The molecule has 0 amide bonds. The molecule has 0 aromatic rings. The van der Waals surface area contributed by atoms with Crippen LogP contribution in [0.25, 0.3) is 0 Å². The van der Waals surface area contributed by atoms with Crippen molar-refractivity contribution in [1.82, 2.24) is 0 Å². The summed E-state index contributed by atoms with van der Waals surface area (Å²) >= 11 is 0. The van der Waals surface area contributed by atoms with E-state index in [1.54, 1.807) is 6.08 Å². The van der Waals surface area contributed by atoms with Gasteiger partial charge in [0.25, 0.3) is 0 Å². The molecule has 28 heavy (non-hydrogen) atoms. The van der Waals surface area contributed by atoms with Crippen LogP contribution in [0, 0.1) is 0 Å². The van der Waals surface area contributed by atoms with Crippen LogP contribution in [0.2, 0.25) is 0 Å². The molecule has 0 aromatic heterocycles. The van der Waals surface area contributed by atoms with Gasteiger partial charge < -0.3 is 28.4 Å². The zero-order chi connectivity index (χ0) is 21.3. The molecule has 10 nitrogen and oxygen atoms in total. The molecule has 0 spiro atoms. The van der Waals surface area contributed by atoms with Crippen molar-refractivity contribution in [1.29, 1.82) is 0 Å². The Morgan fingerprint density at radius 2 is 1.39 bits per heavy atom. The largest absolute Gasteiger partial charge is 0.463 e. The van der Waals surface area contributed by atoms with Crippen LogP contribution in [-0.4, -0.2) is 67.8 Å². The predicted octanol–water partition coefficient (Wildman–Crippen LogP) is 0.662. The molecule has 1 saturated heterocycles. The zero-order valence-corrected chi connectivity index (χ0v) is 16.4. The lowest BCUT2D eigenvalue weighted by molar-refractivity contribution is -0.307. The van der Waals surface area contributed by atoms with Crippen LogP contribution < -0.4 is 0 Å². The maximum atomic E-state index is 11.6. The second-order valence-electron chi connectivity index (χ2n) is 6.02. The molecule has 0 radical (unpaired) electrons. The van der Waals surface area contributed by atoms with E-state index in [4.69, 9.17) is 28.4 Å². The number of carbonyl (C=O) groups is 4. The Balaban J connectivity index is 3.22. The summed E-state index contributed by atoms with van der Waals surface area (Å²) in [6.07, 6.45) is -3.70. The van der Waals surface area contributed by atoms with Crippen LogP contribution in [0.1, 0.15) is 34.1 Å². The topological polar surface area (TPSA) is 124 Å². The maximum Gasteiger partial charge on any atom is 0.303 e. The van der Waals surface area contributed by atoms with Gasteiger partial charge in [-0.25, -0.2) is 0 Å². The fraction of sp³-hybridized carbons (Fsp3) is 0.667. The molecule has 158 valence electrons. The number of rotatable bonds is 9. The first-order valence-corrected chi connectivity index (χ1v) is 8.68. The average molecular weight is 402 g/mol. The van der Waals surface area contributed by atoms with Crippen molar-refractivity contribution in [3.8, 4) is 0 Å². The molecule has 0 aliphatic carbocycles. The Labute approximate surface area is 163 Å². The van der Waals surface area contributed by atoms with Gasteiger partial charge in [-0.3, -0.25) is 19.2 Å². The maximum absolute atomic E-state index is 11.6. The van der Waals surface area contributed by atoms with Gasteiger partial charge in [0.15, 0.2) is 24.6 Å². The normalized spacial score (nSPS) is 26.6. The van der Waals surface area contributed by atoms with Crippen molar-refractivity contribution < 1.29 is 47.6 Å². The Bertz CT molecular complexity index is 587. The van der Waals surface area contributed by atoms with Crippen LogP contribution in [0.15, 0.2) is 12.7 Å². The van der Waals surface area contributed by atoms with Gasteiger partial charge in [-0.1, -0.05) is 6.08 Å². The van der Waals surface area contributed by atoms with E-state index in [0.29, 0.717) is 6.42 Å². The molecule has 0 bridgehead atoms. The van der Waals surface area contributed by atoms with Gasteiger partial charge in [0.2, 0.25) is 0 Å². The summed E-state index contributed by atoms with van der Waals surface area (Å²) in [6.45, 7) is 8.14. The van der Waals surface area contributed by atoms with E-state index in [1.165, 1.54) is 6.92 Å². The first-order chi connectivity index (χ1) is 13.1. The van der Waals surface area contributed by atoms with Crippen LogP contribution in [0.4, 0.5) is 0 Å². The number of ether oxygens (including phenoxy) is 6. The lowest BCUT2D eigenvalue weighted by Crippen LogP contribution is -2.63. The van der Waals surface area contributed by atoms with E-state index in [-0.39, 0.29) is 13.2 Å². The highest BCUT2D eigenvalue weighted by molar-refractivity contribution is 5.68. The number of esters is 4. The van der Waals surface area contributed by atoms with Crippen molar-refractivity contribution in [2.45, 2.75) is 64.8 Å². The minimum atomic E-state index is -1.23. The van der Waals surface area contributed by atoms with Gasteiger partial charge >= 0.3 is 23.9 Å². The second-order valence-corrected chi connectivity index (χ2v) is 6.02. The van der Waals surface area contributed by atoms with Crippen molar-refractivity contribution in [3.05, 3.63) is 12.7 Å². The zero-order valence-electron chi connectivity index (χ0n) is 16.4. The molecule has 1 heterocycles. The Kier molecular flexibility index (Phi) is 9.60. The van der Waals surface area contributed by atoms with Gasteiger partial charge in [0.1, 0.15) is 12.7 Å². The van der Waals surface area contributed by atoms with E-state index in [1.807, 2.05) is 0 Å². The molecular formula is C18H26O10. The fourth-order valence-corrected chi connectivity index (χ4v) is 2.59. The fourth-order valence-electron chi connectivity index (χ4n) is 2.59. The van der Waals surface area contributed by atoms with E-state index < -0.39 is 54.6 Å². The van der Waals surface area contributed by atoms with Gasteiger partial charge in [-0.05, 0) is 6.42 Å². The molecule has 5 atom stereocenters. The minimum absolute atomic E-state index is 0.178. The highest BCUT2D eigenvalue weighted by Crippen LogP contribution is 2.30. The van der Waals surface area contributed by atoms with Crippen LogP contribution in [0.5, 0.6) is 0 Å². The molecule has 1 aliphatic rings. The summed E-state index contributed by atoms with van der Waals surface area (Å²) in [7, 11) is 0. The molecule has 0 N–H and O–H groups in total. The molecule has 10 heteroatoms. The molecular weight excluding hydrogens is 376 g/mol. The third kappa shape index (κ3) is 7.65. The number of hydrogen-bond acceptors (Lipinski definition) is 10. The molecule has 0 unspecified atom stereocenters. The van der Waals surface area contributed by atoms with Crippen LogP contribution in [0.3, 0.4) is 0 Å². The SMILES string of the molecule is C=CCCO[C@@H]1O[C@H](COC(C)=O)[C@@H](OC(C)=O)[C@H](OC(C)=O)[C@H]1OC(C)=O. The third-order valence-electron chi connectivity index (χ3n) is 3.55. The lowest BCUT2D eigenvalue weighted by atomic mass is 9.98. The number of hydrogen-bond donors (Lipinski definition) is 0. The molecule has 1 fully saturated rings. The standard InChI is InChI=1S/C18H26O10/c1-6-7-8-23-18-17(27-13(5)22)16(26-12(4)21)15(25-11(3)20)14(28-18)9-24-10(2)19/h6,14-18H,1,7-9H2,2-5H3/t14-,15-,16+,17-,18-/m1/s1. The first kappa shape index (κ1) is 23.6. The van der Waals surface area contributed by atoms with E-state index >= 15 is 0 Å². The van der Waals surface area contributed by atoms with E-state index in [0.717, 1.165) is 20.8 Å². The van der Waals surface area contributed by atoms with Gasteiger partial charge in [0.05, 0.1) is 6.61 Å². The third-order valence-corrected chi connectivity index (χ3v) is 3.55. The Morgan fingerprint density at radius 1 is 0.857 bits per heavy atom. The van der Waals surface area contributed by atoms with Crippen molar-refractivity contribution in [3.63, 3.8) is 0 Å². The summed E-state index contributed by atoms with van der Waals surface area (Å²) in [6, 6.07) is 0. The van der Waals surface area contributed by atoms with Gasteiger partial charge in [-0.2, -0.15) is 0 Å². The van der Waals surface area contributed by atoms with Crippen LogP contribution >= 0.6 is 0 Å². The first-order valence-electron chi connectivity index (χ1n) is 8.68. The lowest BCUT2D eigenvalue weighted by Gasteiger charge is -2.44. The molecule has 0 saturated carbocycles. The Hall–Kier alpha value is -2.46. The highest BCUT2D eigenvalue weighted by Gasteiger charge is 2.52. The summed E-state index contributed by atoms with van der Waals surface area (Å²) in [5.74, 6) is -2.65. The molecule has 0 aromatic carbocycles. The van der Waals surface area contributed by atoms with Crippen molar-refractivity contribution in [2.75, 3.05) is 13.2 Å². The van der Waals surface area contributed by atoms with Gasteiger partial charge in [-0.15, -0.1) is 6.58 Å². The Morgan fingerprint density at radius 3 is 1.89 bits per heavy atom. The van der Waals surface area contributed by atoms with Crippen molar-refractivity contribution >= 4 is 23.9 Å². The molecule has 1 aliphatic heterocycles. The van der Waals surface area contributed by atoms with Crippen molar-refractivity contribution in [2.24, 2.45) is 0 Å². The monoisotopic (exact) mass is 402 g/mol. The van der Waals surface area contributed by atoms with E-state index in [2.05, 4.69) is 6.58 Å². The second kappa shape index (κ2) is 11.4. The minimum Gasteiger partial charge on any atom is -0.463 e. The van der Waals surface area contributed by atoms with Gasteiger partial charge in [0, 0.05) is 27.7 Å². The summed E-state index contributed by atoms with van der Waals surface area (Å²) in [5.41, 5.74) is 0. The smallest absolute Gasteiger partial charge is 0.303 e. The number of carbonyl (C=O) groups excluding carboxylic acids is 4. The summed E-state index contributed by atoms with van der Waals surface area (Å²) < 4.78 is 32.1. The highest BCUT2D eigenvalue weighted by atomic mass is 16.7. The predicted molar refractivity (Wildman–Crippen MR) is 92.7 cm³/mol. The van der Waals surface area contributed by atoms with E-state index in [9.17, 15) is 19.2 Å².